The molecule has 0 aromatic heterocycles. The van der Waals surface area contributed by atoms with Gasteiger partial charge in [0.05, 0.1) is 16.8 Å². The Morgan fingerprint density at radius 1 is 1.62 bits per heavy atom. The van der Waals surface area contributed by atoms with Gasteiger partial charge in [0.2, 0.25) is 5.91 Å². The van der Waals surface area contributed by atoms with E-state index < -0.39 is 12.0 Å². The Bertz CT molecular complexity index is 587. The van der Waals surface area contributed by atoms with Gasteiger partial charge in [-0.25, -0.2) is 4.79 Å². The number of hydrogen-bond acceptors (Lipinski definition) is 6. The van der Waals surface area contributed by atoms with E-state index in [1.165, 1.54) is 16.7 Å². The molecule has 0 aliphatic carbocycles. The van der Waals surface area contributed by atoms with Crippen LogP contribution in [0, 0.1) is 0 Å². The van der Waals surface area contributed by atoms with Crippen LogP contribution in [0.2, 0.25) is 0 Å². The number of aliphatic imine (C=N–C) groups is 1. The zero-order chi connectivity index (χ0) is 15.1. The van der Waals surface area contributed by atoms with Gasteiger partial charge in [-0.15, -0.1) is 23.5 Å². The van der Waals surface area contributed by atoms with Crippen LogP contribution in [-0.2, 0) is 9.59 Å². The number of aliphatic carboxylic acids is 1. The molecule has 3 aliphatic rings. The molecule has 8 heteroatoms. The number of rotatable bonds is 3. The van der Waals surface area contributed by atoms with Crippen LogP contribution >= 0.6 is 23.5 Å². The van der Waals surface area contributed by atoms with Crippen molar-refractivity contribution in [1.82, 2.24) is 4.90 Å². The van der Waals surface area contributed by atoms with Crippen molar-refractivity contribution < 1.29 is 14.7 Å². The molecule has 3 rings (SSSR count). The van der Waals surface area contributed by atoms with Crippen LogP contribution in [0.25, 0.3) is 0 Å². The molecule has 0 bridgehead atoms. The Balaban J connectivity index is 1.86. The van der Waals surface area contributed by atoms with E-state index in [0.717, 1.165) is 0 Å². The topological polar surface area (TPSA) is 96.0 Å². The third-order valence-corrected chi connectivity index (χ3v) is 6.15. The fourth-order valence-corrected chi connectivity index (χ4v) is 4.62. The first-order valence-corrected chi connectivity index (χ1v) is 8.52. The number of carboxylic acid groups (broad SMARTS) is 1. The van der Waals surface area contributed by atoms with Gasteiger partial charge in [-0.1, -0.05) is 12.2 Å². The molecule has 1 amide bonds. The van der Waals surface area contributed by atoms with Crippen molar-refractivity contribution in [2.75, 3.05) is 5.75 Å². The number of thioether (sulfide) groups is 2. The molecule has 3 N–H and O–H groups in total. The second kappa shape index (κ2) is 5.51. The quantitative estimate of drug-likeness (QED) is 0.740. The lowest BCUT2D eigenvalue weighted by molar-refractivity contribution is -0.147. The van der Waals surface area contributed by atoms with Gasteiger partial charge >= 0.3 is 5.97 Å². The average Bonchev–Trinajstić information content (AvgIpc) is 2.88. The number of allylic oxidation sites excluding steroid dienone is 1. The number of nitrogens with zero attached hydrogens (tertiary/aromatic N) is 2. The number of amides is 1. The second-order valence-electron chi connectivity index (χ2n) is 5.07. The fraction of sp³-hybridized carbons (Fsp3) is 0.462. The van der Waals surface area contributed by atoms with E-state index in [0.29, 0.717) is 11.3 Å². The number of β-lactam (4-membered cyclic amide) rings is 1. The predicted octanol–water partition coefficient (Wildman–Crippen LogP) is 0.656. The third kappa shape index (κ3) is 2.41. The highest BCUT2D eigenvalue weighted by atomic mass is 32.2. The molecule has 4 atom stereocenters. The maximum Gasteiger partial charge on any atom is 0.352 e. The van der Waals surface area contributed by atoms with Gasteiger partial charge in [-0.05, 0) is 12.5 Å². The van der Waals surface area contributed by atoms with E-state index in [1.807, 2.05) is 24.6 Å². The normalized spacial score (nSPS) is 35.3. The van der Waals surface area contributed by atoms with Crippen molar-refractivity contribution in [2.45, 2.75) is 29.6 Å². The van der Waals surface area contributed by atoms with E-state index in [-0.39, 0.29) is 28.3 Å². The molecule has 3 heterocycles. The summed E-state index contributed by atoms with van der Waals surface area (Å²) in [5.74, 6) is -0.849. The predicted molar refractivity (Wildman–Crippen MR) is 84.2 cm³/mol. The highest BCUT2D eigenvalue weighted by molar-refractivity contribution is 8.13. The smallest absolute Gasteiger partial charge is 0.352 e. The van der Waals surface area contributed by atoms with E-state index in [2.05, 4.69) is 4.99 Å². The standard InChI is InChI=1S/C13H15N3O3S2/c1-6-8(21-5-15-6)3-2-7-4-20-12-9(14)11(17)16(12)10(7)13(18)19/h2-3,5-6,8-9,12H,4,14H2,1H3,(H,18,19)/t6?,8?,9-,12-/m1/s1. The summed E-state index contributed by atoms with van der Waals surface area (Å²) in [6.45, 7) is 2.02. The first-order valence-electron chi connectivity index (χ1n) is 6.52. The van der Waals surface area contributed by atoms with E-state index in [1.54, 1.807) is 11.8 Å². The van der Waals surface area contributed by atoms with Crippen molar-refractivity contribution >= 4 is 40.9 Å². The first kappa shape index (κ1) is 14.7. The Labute approximate surface area is 130 Å². The molecule has 2 unspecified atom stereocenters. The average molecular weight is 325 g/mol. The van der Waals surface area contributed by atoms with Gasteiger partial charge in [0, 0.05) is 5.75 Å². The van der Waals surface area contributed by atoms with Gasteiger partial charge in [-0.2, -0.15) is 0 Å². The minimum Gasteiger partial charge on any atom is -0.477 e. The summed E-state index contributed by atoms with van der Waals surface area (Å²) in [6.07, 6.45) is 3.78. The first-order chi connectivity index (χ1) is 10.0. The number of nitrogens with two attached hydrogens (primary N) is 1. The monoisotopic (exact) mass is 325 g/mol. The lowest BCUT2D eigenvalue weighted by Crippen LogP contribution is -2.68. The molecule has 0 spiro atoms. The number of carbonyl (C=O) groups is 2. The highest BCUT2D eigenvalue weighted by Gasteiger charge is 2.51. The Kier molecular flexibility index (Phi) is 3.85. The largest absolute Gasteiger partial charge is 0.477 e. The molecule has 1 saturated heterocycles. The van der Waals surface area contributed by atoms with Crippen LogP contribution in [0.15, 0.2) is 28.4 Å². The molecule has 0 aromatic carbocycles. The van der Waals surface area contributed by atoms with E-state index in [4.69, 9.17) is 5.73 Å². The molecule has 3 aliphatic heterocycles. The molecule has 21 heavy (non-hydrogen) atoms. The summed E-state index contributed by atoms with van der Waals surface area (Å²) in [5.41, 5.74) is 8.25. The minimum atomic E-state index is -1.08. The lowest BCUT2D eigenvalue weighted by atomic mass is 10.0. The lowest BCUT2D eigenvalue weighted by Gasteiger charge is -2.47. The summed E-state index contributed by atoms with van der Waals surface area (Å²) < 4.78 is 0. The van der Waals surface area contributed by atoms with E-state index in [9.17, 15) is 14.7 Å². The van der Waals surface area contributed by atoms with Crippen LogP contribution in [0.3, 0.4) is 0 Å². The van der Waals surface area contributed by atoms with Crippen molar-refractivity contribution in [3.63, 3.8) is 0 Å². The molecule has 0 aromatic rings. The van der Waals surface area contributed by atoms with Crippen molar-refractivity contribution in [2.24, 2.45) is 10.7 Å². The fourth-order valence-electron chi connectivity index (χ4n) is 2.48. The summed E-state index contributed by atoms with van der Waals surface area (Å²) in [5, 5.41) is 9.38. The number of fused-ring (bicyclic) bond motifs is 1. The summed E-state index contributed by atoms with van der Waals surface area (Å²) >= 11 is 3.12. The number of carbonyl (C=O) groups excluding carboxylic acids is 1. The highest BCUT2D eigenvalue weighted by Crippen LogP contribution is 2.40. The van der Waals surface area contributed by atoms with E-state index >= 15 is 0 Å². The van der Waals surface area contributed by atoms with Crippen LogP contribution in [-0.4, -0.2) is 55.9 Å². The molecule has 112 valence electrons. The molecule has 0 radical (unpaired) electrons. The number of carboxylic acids is 1. The van der Waals surface area contributed by atoms with Gasteiger partial charge in [0.15, 0.2) is 0 Å². The SMILES string of the molecule is CC1N=CSC1C=CC1=C(C(=O)O)N2C(=O)[C@@H](N)[C@H]2SC1. The van der Waals surface area contributed by atoms with Crippen LogP contribution in [0.5, 0.6) is 0 Å². The number of hydrogen-bond donors (Lipinski definition) is 2. The van der Waals surface area contributed by atoms with Gasteiger partial charge in [0.1, 0.15) is 17.1 Å². The van der Waals surface area contributed by atoms with Gasteiger partial charge in [0.25, 0.3) is 0 Å². The van der Waals surface area contributed by atoms with Gasteiger partial charge < -0.3 is 10.8 Å². The maximum atomic E-state index is 11.8. The third-order valence-electron chi connectivity index (χ3n) is 3.72. The zero-order valence-corrected chi connectivity index (χ0v) is 12.9. The zero-order valence-electron chi connectivity index (χ0n) is 11.3. The van der Waals surface area contributed by atoms with Crippen LogP contribution in [0.1, 0.15) is 6.92 Å². The van der Waals surface area contributed by atoms with Crippen LogP contribution < -0.4 is 5.73 Å². The Morgan fingerprint density at radius 3 is 3.00 bits per heavy atom. The summed E-state index contributed by atoms with van der Waals surface area (Å²) in [7, 11) is 0. The summed E-state index contributed by atoms with van der Waals surface area (Å²) in [4.78, 5) is 28.9. The molecular weight excluding hydrogens is 310 g/mol. The Morgan fingerprint density at radius 2 is 2.38 bits per heavy atom. The van der Waals surface area contributed by atoms with Crippen molar-refractivity contribution in [3.8, 4) is 0 Å². The molecule has 1 fully saturated rings. The molecule has 0 saturated carbocycles. The van der Waals surface area contributed by atoms with Crippen molar-refractivity contribution in [3.05, 3.63) is 23.4 Å². The van der Waals surface area contributed by atoms with Gasteiger partial charge in [-0.3, -0.25) is 14.7 Å². The molecular formula is C13H15N3O3S2. The Hall–Kier alpha value is -1.25. The summed E-state index contributed by atoms with van der Waals surface area (Å²) in [6, 6.07) is -0.406. The van der Waals surface area contributed by atoms with Crippen LogP contribution in [0.4, 0.5) is 0 Å². The second-order valence-corrected chi connectivity index (χ2v) is 7.20. The maximum absolute atomic E-state index is 11.8. The minimum absolute atomic E-state index is 0.0678. The molecule has 6 nitrogen and oxygen atoms in total. The van der Waals surface area contributed by atoms with Crippen molar-refractivity contribution in [1.29, 1.82) is 0 Å².